The normalized spacial score (nSPS) is 9.78. The van der Waals surface area contributed by atoms with Crippen molar-refractivity contribution in [2.45, 2.75) is 6.92 Å². The summed E-state index contributed by atoms with van der Waals surface area (Å²) in [6.07, 6.45) is 0. The molecule has 0 saturated heterocycles. The van der Waals surface area contributed by atoms with E-state index in [1.54, 1.807) is 0 Å². The second-order valence-corrected chi connectivity index (χ2v) is 4.38. The molecule has 1 aromatic heterocycles. The zero-order valence-electron chi connectivity index (χ0n) is 9.38. The lowest BCUT2D eigenvalue weighted by Crippen LogP contribution is -1.95. The lowest BCUT2D eigenvalue weighted by molar-refractivity contribution is -0.384. The number of nitrogens with one attached hydrogen (secondary N) is 1. The van der Waals surface area contributed by atoms with Crippen LogP contribution in [0.4, 0.5) is 16.5 Å². The number of benzene rings is 1. The Balaban J connectivity index is 2.34. The Kier molecular flexibility index (Phi) is 3.21. The van der Waals surface area contributed by atoms with Gasteiger partial charge in [-0.3, -0.25) is 10.1 Å². The van der Waals surface area contributed by atoms with Crippen molar-refractivity contribution in [3.8, 4) is 6.07 Å². The van der Waals surface area contributed by atoms with E-state index in [9.17, 15) is 10.1 Å². The summed E-state index contributed by atoms with van der Waals surface area (Å²) in [6, 6.07) is 6.02. The molecule has 2 rings (SSSR count). The number of nitrogens with zero attached hydrogens (tertiary/aromatic N) is 3. The highest BCUT2D eigenvalue weighted by Gasteiger charge is 2.11. The van der Waals surface area contributed by atoms with Gasteiger partial charge in [-0.1, -0.05) is 0 Å². The van der Waals surface area contributed by atoms with E-state index >= 15 is 0 Å². The molecule has 1 heterocycles. The number of aryl methyl sites for hydroxylation is 1. The molecule has 0 aliphatic heterocycles. The smallest absolute Gasteiger partial charge is 0.270 e. The van der Waals surface area contributed by atoms with Crippen LogP contribution in [0.15, 0.2) is 23.6 Å². The van der Waals surface area contributed by atoms with Gasteiger partial charge in [0.1, 0.15) is 6.07 Å². The maximum absolute atomic E-state index is 10.6. The van der Waals surface area contributed by atoms with Crippen molar-refractivity contribution in [2.75, 3.05) is 5.32 Å². The van der Waals surface area contributed by atoms with Gasteiger partial charge >= 0.3 is 0 Å². The van der Waals surface area contributed by atoms with Crippen molar-refractivity contribution in [3.05, 3.63) is 45.0 Å². The topological polar surface area (TPSA) is 91.9 Å². The zero-order valence-corrected chi connectivity index (χ0v) is 10.2. The number of nitro benzene ring substituents is 1. The Morgan fingerprint density at radius 2 is 2.33 bits per heavy atom. The standard InChI is InChI=1S/C11H8N4O2S/c1-7-6-18-11(13-7)14-10-3-2-9(15(16)17)4-8(10)5-12/h2-4,6H,1H3,(H,13,14). The van der Waals surface area contributed by atoms with E-state index in [0.29, 0.717) is 10.8 Å². The number of rotatable bonds is 3. The molecule has 0 aliphatic carbocycles. The number of nitriles is 1. The third-order valence-corrected chi connectivity index (χ3v) is 3.07. The molecule has 18 heavy (non-hydrogen) atoms. The summed E-state index contributed by atoms with van der Waals surface area (Å²) in [5.41, 5.74) is 1.50. The SMILES string of the molecule is Cc1csc(Nc2ccc([N+](=O)[O-])cc2C#N)n1. The Bertz CT molecular complexity index is 645. The molecule has 1 N–H and O–H groups in total. The van der Waals surface area contributed by atoms with Gasteiger partial charge in [-0.2, -0.15) is 5.26 Å². The van der Waals surface area contributed by atoms with Gasteiger partial charge < -0.3 is 5.32 Å². The minimum Gasteiger partial charge on any atom is -0.330 e. The summed E-state index contributed by atoms with van der Waals surface area (Å²) in [5.74, 6) is 0. The number of nitro groups is 1. The van der Waals surface area contributed by atoms with Gasteiger partial charge in [-0.25, -0.2) is 4.98 Å². The quantitative estimate of drug-likeness (QED) is 0.676. The van der Waals surface area contributed by atoms with E-state index in [2.05, 4.69) is 10.3 Å². The van der Waals surface area contributed by atoms with Crippen LogP contribution < -0.4 is 5.32 Å². The molecule has 90 valence electrons. The minimum atomic E-state index is -0.530. The average Bonchev–Trinajstić information content (AvgIpc) is 2.75. The van der Waals surface area contributed by atoms with Crippen molar-refractivity contribution in [1.29, 1.82) is 5.26 Å². The van der Waals surface area contributed by atoms with Gasteiger partial charge in [-0.15, -0.1) is 11.3 Å². The van der Waals surface area contributed by atoms with Crippen molar-refractivity contribution in [1.82, 2.24) is 4.98 Å². The summed E-state index contributed by atoms with van der Waals surface area (Å²) in [7, 11) is 0. The van der Waals surface area contributed by atoms with Gasteiger partial charge in [0.15, 0.2) is 5.13 Å². The van der Waals surface area contributed by atoms with Crippen LogP contribution in [0, 0.1) is 28.4 Å². The van der Waals surface area contributed by atoms with Crippen LogP contribution in [0.5, 0.6) is 0 Å². The largest absolute Gasteiger partial charge is 0.330 e. The first kappa shape index (κ1) is 12.0. The Morgan fingerprint density at radius 1 is 1.56 bits per heavy atom. The molecular formula is C11H8N4O2S. The Labute approximate surface area is 107 Å². The van der Waals surface area contributed by atoms with Crippen LogP contribution in [0.25, 0.3) is 0 Å². The fraction of sp³-hybridized carbons (Fsp3) is 0.0909. The fourth-order valence-electron chi connectivity index (χ4n) is 1.37. The number of aromatic nitrogens is 1. The molecule has 0 amide bonds. The predicted molar refractivity (Wildman–Crippen MR) is 67.9 cm³/mol. The van der Waals surface area contributed by atoms with Gasteiger partial charge in [0.05, 0.1) is 21.9 Å². The van der Waals surface area contributed by atoms with Gasteiger partial charge in [0.25, 0.3) is 5.69 Å². The Morgan fingerprint density at radius 3 is 2.89 bits per heavy atom. The van der Waals surface area contributed by atoms with Crippen LogP contribution in [-0.2, 0) is 0 Å². The van der Waals surface area contributed by atoms with Crippen molar-refractivity contribution >= 4 is 27.8 Å². The summed E-state index contributed by atoms with van der Waals surface area (Å²) in [6.45, 7) is 1.86. The molecule has 0 spiro atoms. The molecule has 0 saturated carbocycles. The summed E-state index contributed by atoms with van der Waals surface area (Å²) in [4.78, 5) is 14.3. The molecule has 0 radical (unpaired) electrons. The summed E-state index contributed by atoms with van der Waals surface area (Å²) < 4.78 is 0. The fourth-order valence-corrected chi connectivity index (χ4v) is 2.07. The number of anilines is 2. The number of non-ortho nitro benzene ring substituents is 1. The second kappa shape index (κ2) is 4.81. The van der Waals surface area contributed by atoms with Gasteiger partial charge in [-0.05, 0) is 13.0 Å². The number of hydrogen-bond acceptors (Lipinski definition) is 6. The van der Waals surface area contributed by atoms with Gasteiger partial charge in [0.2, 0.25) is 0 Å². The lowest BCUT2D eigenvalue weighted by atomic mass is 10.2. The molecule has 0 bridgehead atoms. The highest BCUT2D eigenvalue weighted by Crippen LogP contribution is 2.26. The second-order valence-electron chi connectivity index (χ2n) is 3.52. The molecule has 0 atom stereocenters. The first-order chi connectivity index (χ1) is 8.60. The van der Waals surface area contributed by atoms with E-state index < -0.39 is 4.92 Å². The molecule has 0 fully saturated rings. The molecule has 1 aromatic carbocycles. The molecule has 7 heteroatoms. The van der Waals surface area contributed by atoms with Crippen LogP contribution in [0.1, 0.15) is 11.3 Å². The molecule has 2 aromatic rings. The molecule has 0 unspecified atom stereocenters. The highest BCUT2D eigenvalue weighted by molar-refractivity contribution is 7.13. The lowest BCUT2D eigenvalue weighted by Gasteiger charge is -2.04. The highest BCUT2D eigenvalue weighted by atomic mass is 32.1. The maximum atomic E-state index is 10.6. The maximum Gasteiger partial charge on any atom is 0.270 e. The summed E-state index contributed by atoms with van der Waals surface area (Å²) >= 11 is 1.41. The summed E-state index contributed by atoms with van der Waals surface area (Å²) in [5, 5.41) is 25.1. The average molecular weight is 260 g/mol. The van der Waals surface area contributed by atoms with E-state index in [1.165, 1.54) is 29.5 Å². The number of thiazole rings is 1. The first-order valence-electron chi connectivity index (χ1n) is 4.98. The van der Waals surface area contributed by atoms with Crippen LogP contribution in [0.3, 0.4) is 0 Å². The van der Waals surface area contributed by atoms with Crippen molar-refractivity contribution in [3.63, 3.8) is 0 Å². The Hall–Kier alpha value is -2.46. The molecular weight excluding hydrogens is 252 g/mol. The van der Waals surface area contributed by atoms with E-state index in [0.717, 1.165) is 5.69 Å². The van der Waals surface area contributed by atoms with Crippen LogP contribution in [0.2, 0.25) is 0 Å². The predicted octanol–water partition coefficient (Wildman–Crippen LogP) is 2.98. The van der Waals surface area contributed by atoms with Crippen molar-refractivity contribution < 1.29 is 4.92 Å². The van der Waals surface area contributed by atoms with E-state index in [-0.39, 0.29) is 11.3 Å². The zero-order chi connectivity index (χ0) is 13.1. The van der Waals surface area contributed by atoms with Crippen LogP contribution in [-0.4, -0.2) is 9.91 Å². The first-order valence-corrected chi connectivity index (χ1v) is 5.86. The van der Waals surface area contributed by atoms with E-state index in [4.69, 9.17) is 5.26 Å². The monoisotopic (exact) mass is 260 g/mol. The molecule has 0 aliphatic rings. The minimum absolute atomic E-state index is 0.104. The third-order valence-electron chi connectivity index (χ3n) is 2.20. The van der Waals surface area contributed by atoms with E-state index in [1.807, 2.05) is 18.4 Å². The molecule has 6 nitrogen and oxygen atoms in total. The number of hydrogen-bond donors (Lipinski definition) is 1. The van der Waals surface area contributed by atoms with Crippen molar-refractivity contribution in [2.24, 2.45) is 0 Å². The third kappa shape index (κ3) is 2.44. The van der Waals surface area contributed by atoms with Crippen LogP contribution >= 0.6 is 11.3 Å². The van der Waals surface area contributed by atoms with Gasteiger partial charge in [0, 0.05) is 17.5 Å².